The summed E-state index contributed by atoms with van der Waals surface area (Å²) in [5, 5.41) is 13.0. The van der Waals surface area contributed by atoms with Crippen molar-refractivity contribution in [1.29, 1.82) is 0 Å². The molecule has 0 bridgehead atoms. The third kappa shape index (κ3) is 6.01. The summed E-state index contributed by atoms with van der Waals surface area (Å²) in [5.41, 5.74) is 1.09. The molecule has 0 saturated heterocycles. The molecule has 0 radical (unpaired) electrons. The molecular formula is C15H28N2O3Si. The maximum Gasteiger partial charge on any atom is 0.325 e. The van der Waals surface area contributed by atoms with Gasteiger partial charge in [-0.2, -0.15) is 5.10 Å². The molecule has 1 aromatic rings. The average Bonchev–Trinajstić information content (AvgIpc) is 2.73. The third-order valence-electron chi connectivity index (χ3n) is 4.11. The van der Waals surface area contributed by atoms with Crippen LogP contribution in [0.5, 0.6) is 0 Å². The molecule has 0 aliphatic heterocycles. The first-order valence-electron chi connectivity index (χ1n) is 7.49. The topological polar surface area (TPSA) is 64.4 Å². The third-order valence-corrected chi connectivity index (χ3v) is 8.65. The maximum atomic E-state index is 10.6. The van der Waals surface area contributed by atoms with Gasteiger partial charge in [-0.25, -0.2) is 0 Å². The van der Waals surface area contributed by atoms with E-state index in [-0.39, 0.29) is 11.6 Å². The van der Waals surface area contributed by atoms with Crippen molar-refractivity contribution in [1.82, 2.24) is 9.78 Å². The van der Waals surface area contributed by atoms with Gasteiger partial charge in [0.2, 0.25) is 0 Å². The Kier molecular flexibility index (Phi) is 6.16. The van der Waals surface area contributed by atoms with Gasteiger partial charge in [-0.1, -0.05) is 20.8 Å². The maximum absolute atomic E-state index is 10.6. The summed E-state index contributed by atoms with van der Waals surface area (Å²) in [6.45, 7) is 12.0. The molecule has 6 heteroatoms. The highest BCUT2D eigenvalue weighted by Crippen LogP contribution is 2.36. The van der Waals surface area contributed by atoms with Crippen molar-refractivity contribution in [2.24, 2.45) is 0 Å². The second-order valence-electron chi connectivity index (χ2n) is 7.01. The van der Waals surface area contributed by atoms with Crippen molar-refractivity contribution >= 4 is 14.3 Å². The standard InChI is InChI=1S/C15H28N2O3Si/c1-15(2,3)21(4,5)20-9-7-6-8-13-10-16-17(11-13)12-14(18)19/h10-11H,6-9,12H2,1-5H3,(H,18,19). The van der Waals surface area contributed by atoms with Crippen LogP contribution in [0.4, 0.5) is 0 Å². The van der Waals surface area contributed by atoms with Gasteiger partial charge in [0.25, 0.3) is 0 Å². The summed E-state index contributed by atoms with van der Waals surface area (Å²) < 4.78 is 7.59. The van der Waals surface area contributed by atoms with Crippen LogP contribution in [0.25, 0.3) is 0 Å². The van der Waals surface area contributed by atoms with E-state index in [4.69, 9.17) is 9.53 Å². The molecule has 0 amide bonds. The van der Waals surface area contributed by atoms with Crippen LogP contribution in [0.2, 0.25) is 18.1 Å². The van der Waals surface area contributed by atoms with Gasteiger partial charge in [-0.3, -0.25) is 9.48 Å². The van der Waals surface area contributed by atoms with Gasteiger partial charge in [0.05, 0.1) is 6.20 Å². The lowest BCUT2D eigenvalue weighted by Crippen LogP contribution is -2.40. The minimum atomic E-state index is -1.63. The van der Waals surface area contributed by atoms with Crippen molar-refractivity contribution in [2.75, 3.05) is 6.61 Å². The van der Waals surface area contributed by atoms with E-state index in [1.165, 1.54) is 4.68 Å². The zero-order valence-electron chi connectivity index (χ0n) is 13.8. The Morgan fingerprint density at radius 3 is 2.62 bits per heavy atom. The summed E-state index contributed by atoms with van der Waals surface area (Å²) in [6.07, 6.45) is 6.53. The number of unbranched alkanes of at least 4 members (excludes halogenated alkanes) is 1. The molecule has 0 atom stereocenters. The Morgan fingerprint density at radius 1 is 1.38 bits per heavy atom. The van der Waals surface area contributed by atoms with E-state index in [0.717, 1.165) is 31.4 Å². The Labute approximate surface area is 128 Å². The molecule has 5 nitrogen and oxygen atoms in total. The summed E-state index contributed by atoms with van der Waals surface area (Å²) >= 11 is 0. The molecule has 120 valence electrons. The van der Waals surface area contributed by atoms with E-state index >= 15 is 0 Å². The normalized spacial score (nSPS) is 12.6. The Morgan fingerprint density at radius 2 is 2.05 bits per heavy atom. The first-order valence-corrected chi connectivity index (χ1v) is 10.4. The second kappa shape index (κ2) is 7.22. The minimum Gasteiger partial charge on any atom is -0.480 e. The predicted octanol–water partition coefficient (Wildman–Crippen LogP) is 3.31. The van der Waals surface area contributed by atoms with Crippen LogP contribution in [-0.4, -0.2) is 35.8 Å². The van der Waals surface area contributed by atoms with E-state index in [0.29, 0.717) is 0 Å². The van der Waals surface area contributed by atoms with Crippen LogP contribution in [0.3, 0.4) is 0 Å². The summed E-state index contributed by atoms with van der Waals surface area (Å²) in [5.74, 6) is -0.868. The van der Waals surface area contributed by atoms with Gasteiger partial charge in [0.15, 0.2) is 8.32 Å². The number of carboxylic acid groups (broad SMARTS) is 1. The van der Waals surface area contributed by atoms with E-state index in [9.17, 15) is 4.79 Å². The van der Waals surface area contributed by atoms with E-state index in [2.05, 4.69) is 39.0 Å². The van der Waals surface area contributed by atoms with Crippen LogP contribution in [-0.2, 0) is 22.2 Å². The van der Waals surface area contributed by atoms with Crippen molar-refractivity contribution in [3.63, 3.8) is 0 Å². The number of nitrogens with zero attached hydrogens (tertiary/aromatic N) is 2. The number of rotatable bonds is 8. The van der Waals surface area contributed by atoms with E-state index < -0.39 is 14.3 Å². The smallest absolute Gasteiger partial charge is 0.325 e. The Bertz CT molecular complexity index is 464. The zero-order chi connectivity index (χ0) is 16.1. The van der Waals surface area contributed by atoms with Crippen molar-refractivity contribution in [3.8, 4) is 0 Å². The molecule has 0 aliphatic rings. The first kappa shape index (κ1) is 17.9. The highest BCUT2D eigenvalue weighted by atomic mass is 28.4. The van der Waals surface area contributed by atoms with Gasteiger partial charge >= 0.3 is 5.97 Å². The summed E-state index contributed by atoms with van der Waals surface area (Å²) in [4.78, 5) is 10.6. The molecule has 0 aromatic carbocycles. The van der Waals surface area contributed by atoms with Crippen molar-refractivity contribution in [3.05, 3.63) is 18.0 Å². The van der Waals surface area contributed by atoms with Crippen LogP contribution in [0.15, 0.2) is 12.4 Å². The molecule has 0 unspecified atom stereocenters. The van der Waals surface area contributed by atoms with Gasteiger partial charge in [0.1, 0.15) is 6.54 Å². The number of carbonyl (C=O) groups is 1. The van der Waals surface area contributed by atoms with Gasteiger partial charge in [-0.05, 0) is 43.0 Å². The lowest BCUT2D eigenvalue weighted by Gasteiger charge is -2.36. The molecule has 21 heavy (non-hydrogen) atoms. The molecule has 1 aromatic heterocycles. The summed E-state index contributed by atoms with van der Waals surface area (Å²) in [7, 11) is -1.63. The molecule has 1 heterocycles. The number of aliphatic carboxylic acids is 1. The van der Waals surface area contributed by atoms with Crippen molar-refractivity contribution < 1.29 is 14.3 Å². The molecule has 0 saturated carbocycles. The van der Waals surface area contributed by atoms with Crippen LogP contribution in [0.1, 0.15) is 39.2 Å². The van der Waals surface area contributed by atoms with Crippen molar-refractivity contribution in [2.45, 2.75) is 64.7 Å². The Hall–Kier alpha value is -1.14. The highest BCUT2D eigenvalue weighted by Gasteiger charge is 2.36. The molecular weight excluding hydrogens is 284 g/mol. The van der Waals surface area contributed by atoms with Crippen LogP contribution < -0.4 is 0 Å². The second-order valence-corrected chi connectivity index (χ2v) is 11.8. The highest BCUT2D eigenvalue weighted by molar-refractivity contribution is 6.74. The van der Waals surface area contributed by atoms with Gasteiger partial charge < -0.3 is 9.53 Å². The first-order chi connectivity index (χ1) is 9.62. The van der Waals surface area contributed by atoms with Gasteiger partial charge in [0, 0.05) is 12.8 Å². The number of aryl methyl sites for hydroxylation is 1. The number of carboxylic acids is 1. The molecule has 1 N–H and O–H groups in total. The van der Waals surface area contributed by atoms with Crippen LogP contribution in [0, 0.1) is 0 Å². The largest absolute Gasteiger partial charge is 0.480 e. The number of hydrogen-bond donors (Lipinski definition) is 1. The Balaban J connectivity index is 2.26. The molecule has 0 fully saturated rings. The predicted molar refractivity (Wildman–Crippen MR) is 85.9 cm³/mol. The van der Waals surface area contributed by atoms with Crippen LogP contribution >= 0.6 is 0 Å². The monoisotopic (exact) mass is 312 g/mol. The fourth-order valence-corrected chi connectivity index (χ4v) is 2.82. The number of hydrogen-bond acceptors (Lipinski definition) is 3. The van der Waals surface area contributed by atoms with Gasteiger partial charge in [-0.15, -0.1) is 0 Å². The summed E-state index contributed by atoms with van der Waals surface area (Å²) in [6, 6.07) is 0. The number of aromatic nitrogens is 2. The van der Waals surface area contributed by atoms with E-state index in [1.807, 2.05) is 6.20 Å². The SMILES string of the molecule is CC(C)(C)[Si](C)(C)OCCCCc1cnn(CC(=O)O)c1. The molecule has 0 aliphatic carbocycles. The lowest BCUT2D eigenvalue weighted by atomic mass is 10.2. The quantitative estimate of drug-likeness (QED) is 0.591. The van der Waals surface area contributed by atoms with E-state index in [1.54, 1.807) is 6.20 Å². The fraction of sp³-hybridized carbons (Fsp3) is 0.733. The zero-order valence-corrected chi connectivity index (χ0v) is 14.8. The fourth-order valence-electron chi connectivity index (χ4n) is 1.74. The average molecular weight is 312 g/mol. The minimum absolute atomic E-state index is 0.0749. The molecule has 0 spiro atoms. The molecule has 1 rings (SSSR count). The lowest BCUT2D eigenvalue weighted by molar-refractivity contribution is -0.137.